The molecule has 3 N–H and O–H groups in total. The van der Waals surface area contributed by atoms with Crippen LogP contribution in [0, 0.1) is 0 Å². The smallest absolute Gasteiger partial charge is 0.325 e. The maximum absolute atomic E-state index is 9.74. The topological polar surface area (TPSA) is 75.7 Å². The molecule has 46 valence electrons. The summed E-state index contributed by atoms with van der Waals surface area (Å²) < 4.78 is 0. The van der Waals surface area contributed by atoms with Gasteiger partial charge in [0.25, 0.3) is 0 Å². The highest BCUT2D eigenvalue weighted by Gasteiger charge is 1.89. The minimum absolute atomic E-state index is 0.234. The highest BCUT2D eigenvalue weighted by molar-refractivity contribution is 5.80. The zero-order valence-electron chi connectivity index (χ0n) is 4.59. The normalized spacial score (nSPS) is 11.4. The Balaban J connectivity index is 3.45. The molecule has 0 aromatic rings. The third-order valence-corrected chi connectivity index (χ3v) is 0.464. The number of carboxylic acid groups (broad SMARTS) is 1. The van der Waals surface area contributed by atoms with Crippen LogP contribution < -0.4 is 5.73 Å². The molecule has 0 radical (unpaired) electrons. The van der Waals surface area contributed by atoms with Gasteiger partial charge in [-0.2, -0.15) is 0 Å². The molecule has 0 heterocycles. The van der Waals surface area contributed by atoms with Crippen LogP contribution in [0.1, 0.15) is 6.92 Å². The maximum atomic E-state index is 9.74. The number of nitrogens with two attached hydrogens (primary N) is 1. The van der Waals surface area contributed by atoms with Crippen LogP contribution in [-0.2, 0) is 4.79 Å². The molecule has 0 atom stereocenters. The Bertz CT molecular complexity index is 115. The number of rotatable bonds is 2. The molecule has 4 heteroatoms. The van der Waals surface area contributed by atoms with Gasteiger partial charge in [0.05, 0.1) is 5.84 Å². The molecule has 0 saturated carbocycles. The van der Waals surface area contributed by atoms with E-state index in [2.05, 4.69) is 4.99 Å². The monoisotopic (exact) mass is 116 g/mol. The highest BCUT2D eigenvalue weighted by atomic mass is 16.4. The second kappa shape index (κ2) is 3.01. The van der Waals surface area contributed by atoms with Crippen molar-refractivity contribution in [3.63, 3.8) is 0 Å². The second-order valence-corrected chi connectivity index (χ2v) is 1.35. The molecule has 0 aromatic carbocycles. The van der Waals surface area contributed by atoms with Gasteiger partial charge in [-0.15, -0.1) is 0 Å². The van der Waals surface area contributed by atoms with E-state index in [1.54, 1.807) is 6.92 Å². The Hall–Kier alpha value is -1.06. The molecule has 0 unspecified atom stereocenters. The van der Waals surface area contributed by atoms with Crippen LogP contribution in [0.4, 0.5) is 0 Å². The van der Waals surface area contributed by atoms with Crippen molar-refractivity contribution >= 4 is 11.8 Å². The third kappa shape index (κ3) is 4.94. The van der Waals surface area contributed by atoms with Crippen molar-refractivity contribution in [2.75, 3.05) is 6.54 Å². The van der Waals surface area contributed by atoms with Gasteiger partial charge in [0.15, 0.2) is 0 Å². The van der Waals surface area contributed by atoms with Crippen molar-refractivity contribution < 1.29 is 9.90 Å². The zero-order chi connectivity index (χ0) is 6.57. The van der Waals surface area contributed by atoms with E-state index in [-0.39, 0.29) is 6.54 Å². The number of hydrogen-bond donors (Lipinski definition) is 2. The molecule has 0 aliphatic rings. The van der Waals surface area contributed by atoms with Gasteiger partial charge < -0.3 is 10.8 Å². The molecular weight excluding hydrogens is 108 g/mol. The van der Waals surface area contributed by atoms with Crippen molar-refractivity contribution in [2.24, 2.45) is 10.7 Å². The van der Waals surface area contributed by atoms with Crippen molar-refractivity contribution in [2.45, 2.75) is 6.92 Å². The molecule has 0 aromatic heterocycles. The van der Waals surface area contributed by atoms with Gasteiger partial charge in [-0.1, -0.05) is 0 Å². The molecule has 0 fully saturated rings. The van der Waals surface area contributed by atoms with Crippen LogP contribution in [0.2, 0.25) is 0 Å². The van der Waals surface area contributed by atoms with Gasteiger partial charge in [0.1, 0.15) is 6.54 Å². The summed E-state index contributed by atoms with van der Waals surface area (Å²) in [6.07, 6.45) is 0. The lowest BCUT2D eigenvalue weighted by molar-refractivity contribution is -0.135. The quantitative estimate of drug-likeness (QED) is 0.375. The fraction of sp³-hybridized carbons (Fsp3) is 0.500. The van der Waals surface area contributed by atoms with Crippen LogP contribution >= 0.6 is 0 Å². The molecule has 0 bridgehead atoms. The van der Waals surface area contributed by atoms with Crippen LogP contribution in [-0.4, -0.2) is 23.5 Å². The van der Waals surface area contributed by atoms with Gasteiger partial charge >= 0.3 is 5.97 Å². The number of amidine groups is 1. The lowest BCUT2D eigenvalue weighted by Crippen LogP contribution is -2.09. The molecule has 8 heavy (non-hydrogen) atoms. The number of aliphatic imine (C=N–C) groups is 1. The van der Waals surface area contributed by atoms with E-state index in [0.29, 0.717) is 5.84 Å². The Morgan fingerprint density at radius 1 is 1.88 bits per heavy atom. The largest absolute Gasteiger partial charge is 0.480 e. The summed E-state index contributed by atoms with van der Waals surface area (Å²) in [5.41, 5.74) is 5.03. The van der Waals surface area contributed by atoms with Crippen LogP contribution in [0.3, 0.4) is 0 Å². The Morgan fingerprint density at radius 3 is 2.50 bits per heavy atom. The molecule has 0 amide bonds. The average molecular weight is 116 g/mol. The van der Waals surface area contributed by atoms with Gasteiger partial charge in [-0.25, -0.2) is 0 Å². The lowest BCUT2D eigenvalue weighted by Gasteiger charge is -1.85. The van der Waals surface area contributed by atoms with Gasteiger partial charge in [-0.05, 0) is 6.92 Å². The summed E-state index contributed by atoms with van der Waals surface area (Å²) in [7, 11) is 0. The predicted molar refractivity (Wildman–Crippen MR) is 29.8 cm³/mol. The van der Waals surface area contributed by atoms with E-state index in [0.717, 1.165) is 0 Å². The van der Waals surface area contributed by atoms with E-state index >= 15 is 0 Å². The molecule has 0 rings (SSSR count). The van der Waals surface area contributed by atoms with E-state index in [9.17, 15) is 4.79 Å². The first-order chi connectivity index (χ1) is 3.63. The summed E-state index contributed by atoms with van der Waals surface area (Å²) in [6, 6.07) is 0. The summed E-state index contributed by atoms with van der Waals surface area (Å²) in [5.74, 6) is -0.665. The van der Waals surface area contributed by atoms with Crippen molar-refractivity contribution in [3.8, 4) is 0 Å². The minimum Gasteiger partial charge on any atom is -0.480 e. The molecule has 0 aliphatic heterocycles. The maximum Gasteiger partial charge on any atom is 0.325 e. The second-order valence-electron chi connectivity index (χ2n) is 1.35. The van der Waals surface area contributed by atoms with E-state index in [1.165, 1.54) is 0 Å². The SMILES string of the molecule is CC(N)=NCC(=O)O. The fourth-order valence-electron chi connectivity index (χ4n) is 0.192. The standard InChI is InChI=1S/C4H8N2O2/c1-3(5)6-2-4(7)8/h2H2,1H3,(H2,5,6)(H,7,8). The van der Waals surface area contributed by atoms with Crippen LogP contribution in [0.25, 0.3) is 0 Å². The van der Waals surface area contributed by atoms with E-state index in [4.69, 9.17) is 10.8 Å². The van der Waals surface area contributed by atoms with Crippen LogP contribution in [0.5, 0.6) is 0 Å². The Kier molecular flexibility index (Phi) is 2.61. The molecule has 0 saturated heterocycles. The van der Waals surface area contributed by atoms with E-state index in [1.807, 2.05) is 0 Å². The summed E-state index contributed by atoms with van der Waals surface area (Å²) in [6.45, 7) is 1.31. The lowest BCUT2D eigenvalue weighted by atomic mass is 10.6. The number of nitrogens with zero attached hydrogens (tertiary/aromatic N) is 1. The first-order valence-corrected chi connectivity index (χ1v) is 2.11. The Morgan fingerprint density at radius 2 is 2.38 bits per heavy atom. The van der Waals surface area contributed by atoms with Crippen LogP contribution in [0.15, 0.2) is 4.99 Å². The minimum atomic E-state index is -0.963. The molecular formula is C4H8N2O2. The third-order valence-electron chi connectivity index (χ3n) is 0.464. The van der Waals surface area contributed by atoms with Crippen molar-refractivity contribution in [3.05, 3.63) is 0 Å². The summed E-state index contributed by atoms with van der Waals surface area (Å²) >= 11 is 0. The average Bonchev–Trinajstić information content (AvgIpc) is 1.61. The molecule has 0 spiro atoms. The van der Waals surface area contributed by atoms with Crippen molar-refractivity contribution in [1.29, 1.82) is 0 Å². The predicted octanol–water partition coefficient (Wildman–Crippen LogP) is -0.552. The number of carbonyl (C=O) groups is 1. The number of carboxylic acids is 1. The summed E-state index contributed by atoms with van der Waals surface area (Å²) in [5, 5.41) is 8.00. The van der Waals surface area contributed by atoms with Gasteiger partial charge in [0, 0.05) is 0 Å². The Labute approximate surface area is 47.0 Å². The zero-order valence-corrected chi connectivity index (χ0v) is 4.59. The van der Waals surface area contributed by atoms with Crippen molar-refractivity contribution in [1.82, 2.24) is 0 Å². The number of aliphatic carboxylic acids is 1. The van der Waals surface area contributed by atoms with Gasteiger partial charge in [-0.3, -0.25) is 9.79 Å². The first-order valence-electron chi connectivity index (χ1n) is 2.11. The molecule has 4 nitrogen and oxygen atoms in total. The summed E-state index contributed by atoms with van der Waals surface area (Å²) in [4.78, 5) is 13.2. The fourth-order valence-corrected chi connectivity index (χ4v) is 0.192. The number of hydrogen-bond acceptors (Lipinski definition) is 2. The van der Waals surface area contributed by atoms with Gasteiger partial charge in [0.2, 0.25) is 0 Å². The first kappa shape index (κ1) is 6.94. The molecule has 0 aliphatic carbocycles. The highest BCUT2D eigenvalue weighted by Crippen LogP contribution is 1.68. The van der Waals surface area contributed by atoms with E-state index < -0.39 is 5.97 Å².